The van der Waals surface area contributed by atoms with Crippen LogP contribution in [0.15, 0.2) is 24.3 Å². The van der Waals surface area contributed by atoms with Gasteiger partial charge in [0.05, 0.1) is 6.10 Å². The fourth-order valence-corrected chi connectivity index (χ4v) is 3.89. The molecule has 2 atom stereocenters. The monoisotopic (exact) mass is 344 g/mol. The van der Waals surface area contributed by atoms with E-state index in [0.29, 0.717) is 32.5 Å². The van der Waals surface area contributed by atoms with Gasteiger partial charge in [0.2, 0.25) is 11.8 Å². The summed E-state index contributed by atoms with van der Waals surface area (Å²) in [6.45, 7) is 5.71. The fourth-order valence-electron chi connectivity index (χ4n) is 3.89. The maximum atomic E-state index is 12.9. The Kier molecular flexibility index (Phi) is 5.42. The molecule has 2 aliphatic rings. The van der Waals surface area contributed by atoms with Crippen molar-refractivity contribution in [1.82, 2.24) is 9.80 Å². The van der Waals surface area contributed by atoms with Gasteiger partial charge in [-0.2, -0.15) is 0 Å². The van der Waals surface area contributed by atoms with E-state index in [4.69, 9.17) is 0 Å². The van der Waals surface area contributed by atoms with Crippen LogP contribution < -0.4 is 0 Å². The topological polar surface area (TPSA) is 60.9 Å². The zero-order valence-electron chi connectivity index (χ0n) is 15.1. The van der Waals surface area contributed by atoms with Gasteiger partial charge in [0.25, 0.3) is 0 Å². The highest BCUT2D eigenvalue weighted by atomic mass is 16.3. The Hall–Kier alpha value is -1.88. The smallest absolute Gasteiger partial charge is 0.245 e. The number of aliphatic hydroxyl groups is 1. The molecule has 0 aromatic heterocycles. The summed E-state index contributed by atoms with van der Waals surface area (Å²) in [6, 6.07) is 7.78. The molecule has 1 aromatic carbocycles. The molecule has 2 aliphatic heterocycles. The lowest BCUT2D eigenvalue weighted by Crippen LogP contribution is -2.49. The van der Waals surface area contributed by atoms with E-state index < -0.39 is 0 Å². The lowest BCUT2D eigenvalue weighted by molar-refractivity contribution is -0.143. The lowest BCUT2D eigenvalue weighted by atomic mass is 9.92. The van der Waals surface area contributed by atoms with E-state index in [-0.39, 0.29) is 29.9 Å². The Morgan fingerprint density at radius 2 is 1.84 bits per heavy atom. The summed E-state index contributed by atoms with van der Waals surface area (Å²) >= 11 is 0. The number of amides is 2. The highest BCUT2D eigenvalue weighted by Crippen LogP contribution is 2.26. The van der Waals surface area contributed by atoms with Gasteiger partial charge in [-0.1, -0.05) is 29.8 Å². The van der Waals surface area contributed by atoms with Crippen LogP contribution in [0.25, 0.3) is 0 Å². The summed E-state index contributed by atoms with van der Waals surface area (Å²) < 4.78 is 0. The van der Waals surface area contributed by atoms with E-state index in [1.807, 2.05) is 43.0 Å². The Labute approximate surface area is 149 Å². The molecule has 0 radical (unpaired) electrons. The maximum absolute atomic E-state index is 12.9. The first-order valence-corrected chi connectivity index (χ1v) is 9.27. The quantitative estimate of drug-likeness (QED) is 0.910. The average molecular weight is 344 g/mol. The molecule has 136 valence electrons. The van der Waals surface area contributed by atoms with Gasteiger partial charge in [-0.15, -0.1) is 0 Å². The Morgan fingerprint density at radius 1 is 1.20 bits per heavy atom. The van der Waals surface area contributed by atoms with E-state index in [9.17, 15) is 14.7 Å². The van der Waals surface area contributed by atoms with Crippen molar-refractivity contribution in [2.75, 3.05) is 13.1 Å². The summed E-state index contributed by atoms with van der Waals surface area (Å²) in [6.07, 6.45) is 2.42. The standard InChI is InChI=1S/C20H28N2O3/c1-14-3-5-16(6-4-14)13-22-18(7-8-19(22)24)20(25)21-11-9-17(10-12-21)15(2)23/h3-6,15,17-18,23H,7-13H2,1-2H3. The van der Waals surface area contributed by atoms with E-state index in [0.717, 1.165) is 18.4 Å². The summed E-state index contributed by atoms with van der Waals surface area (Å²) in [7, 11) is 0. The number of carbonyl (C=O) groups excluding carboxylic acids is 2. The van der Waals surface area contributed by atoms with Gasteiger partial charge >= 0.3 is 0 Å². The average Bonchev–Trinajstić information content (AvgIpc) is 2.97. The number of rotatable bonds is 4. The first-order valence-electron chi connectivity index (χ1n) is 9.27. The molecule has 2 unspecified atom stereocenters. The minimum absolute atomic E-state index is 0.0674. The first kappa shape index (κ1) is 17.9. The van der Waals surface area contributed by atoms with Crippen molar-refractivity contribution in [2.45, 2.75) is 58.2 Å². The van der Waals surface area contributed by atoms with Crippen LogP contribution in [-0.2, 0) is 16.1 Å². The summed E-state index contributed by atoms with van der Waals surface area (Å²) in [5, 5.41) is 9.72. The maximum Gasteiger partial charge on any atom is 0.245 e. The number of aryl methyl sites for hydroxylation is 1. The molecule has 0 aliphatic carbocycles. The summed E-state index contributed by atoms with van der Waals surface area (Å²) in [5.41, 5.74) is 2.25. The van der Waals surface area contributed by atoms with Gasteiger partial charge in [0.15, 0.2) is 0 Å². The Morgan fingerprint density at radius 3 is 2.44 bits per heavy atom. The van der Waals surface area contributed by atoms with Crippen molar-refractivity contribution in [3.05, 3.63) is 35.4 Å². The second-order valence-electron chi connectivity index (χ2n) is 7.47. The molecule has 3 rings (SSSR count). The van der Waals surface area contributed by atoms with Crippen molar-refractivity contribution in [1.29, 1.82) is 0 Å². The van der Waals surface area contributed by atoms with Gasteiger partial charge in [0.1, 0.15) is 6.04 Å². The molecule has 0 spiro atoms. The molecule has 2 heterocycles. The summed E-state index contributed by atoms with van der Waals surface area (Å²) in [4.78, 5) is 28.9. The molecule has 25 heavy (non-hydrogen) atoms. The molecule has 5 nitrogen and oxygen atoms in total. The molecule has 0 saturated carbocycles. The van der Waals surface area contributed by atoms with Gasteiger partial charge in [0, 0.05) is 26.1 Å². The Bertz CT molecular complexity index is 618. The van der Waals surface area contributed by atoms with Gasteiger partial charge in [-0.05, 0) is 44.6 Å². The van der Waals surface area contributed by atoms with Gasteiger partial charge in [-0.25, -0.2) is 0 Å². The molecular weight excluding hydrogens is 316 g/mol. The van der Waals surface area contributed by atoms with Crippen LogP contribution in [-0.4, -0.2) is 52.0 Å². The first-order chi connectivity index (χ1) is 12.0. The zero-order chi connectivity index (χ0) is 18.0. The molecule has 2 saturated heterocycles. The lowest BCUT2D eigenvalue weighted by Gasteiger charge is -2.36. The number of likely N-dealkylation sites (tertiary alicyclic amines) is 2. The predicted octanol–water partition coefficient (Wildman–Crippen LogP) is 2.11. The van der Waals surface area contributed by atoms with Crippen LogP contribution in [0.3, 0.4) is 0 Å². The van der Waals surface area contributed by atoms with Crippen molar-refractivity contribution in [3.8, 4) is 0 Å². The van der Waals surface area contributed by atoms with Crippen molar-refractivity contribution >= 4 is 11.8 Å². The zero-order valence-corrected chi connectivity index (χ0v) is 15.1. The third-order valence-corrected chi connectivity index (χ3v) is 5.62. The number of piperidine rings is 1. The third-order valence-electron chi connectivity index (χ3n) is 5.62. The van der Waals surface area contributed by atoms with Crippen LogP contribution in [0.1, 0.15) is 43.7 Å². The molecular formula is C20H28N2O3. The van der Waals surface area contributed by atoms with E-state index >= 15 is 0 Å². The number of carbonyl (C=O) groups is 2. The van der Waals surface area contributed by atoms with Gasteiger partial charge in [-0.3, -0.25) is 9.59 Å². The summed E-state index contributed by atoms with van der Waals surface area (Å²) in [5.74, 6) is 0.415. The minimum atomic E-state index is -0.336. The number of hydrogen-bond acceptors (Lipinski definition) is 3. The minimum Gasteiger partial charge on any atom is -0.393 e. The largest absolute Gasteiger partial charge is 0.393 e. The molecule has 1 N–H and O–H groups in total. The van der Waals surface area contributed by atoms with E-state index in [1.54, 1.807) is 4.90 Å². The number of aliphatic hydroxyl groups excluding tert-OH is 1. The number of hydrogen-bond donors (Lipinski definition) is 1. The second-order valence-corrected chi connectivity index (χ2v) is 7.47. The SMILES string of the molecule is Cc1ccc(CN2C(=O)CCC2C(=O)N2CCC(C(C)O)CC2)cc1. The molecule has 2 fully saturated rings. The van der Waals surface area contributed by atoms with Crippen LogP contribution in [0.4, 0.5) is 0 Å². The van der Waals surface area contributed by atoms with Crippen LogP contribution >= 0.6 is 0 Å². The number of nitrogens with zero attached hydrogens (tertiary/aromatic N) is 2. The van der Waals surface area contributed by atoms with Crippen molar-refractivity contribution < 1.29 is 14.7 Å². The molecule has 1 aromatic rings. The van der Waals surface area contributed by atoms with Crippen molar-refractivity contribution in [3.63, 3.8) is 0 Å². The highest BCUT2D eigenvalue weighted by molar-refractivity contribution is 5.91. The molecule has 2 amide bonds. The molecule has 5 heteroatoms. The van der Waals surface area contributed by atoms with E-state index in [1.165, 1.54) is 5.56 Å². The van der Waals surface area contributed by atoms with Crippen molar-refractivity contribution in [2.24, 2.45) is 5.92 Å². The van der Waals surface area contributed by atoms with Crippen LogP contribution in [0.2, 0.25) is 0 Å². The number of benzene rings is 1. The predicted molar refractivity (Wildman–Crippen MR) is 95.7 cm³/mol. The normalized spacial score (nSPS) is 23.2. The van der Waals surface area contributed by atoms with Gasteiger partial charge < -0.3 is 14.9 Å². The highest BCUT2D eigenvalue weighted by Gasteiger charge is 2.39. The fraction of sp³-hybridized carbons (Fsp3) is 0.600. The molecule has 0 bridgehead atoms. The second kappa shape index (κ2) is 7.56. The van der Waals surface area contributed by atoms with E-state index in [2.05, 4.69) is 0 Å². The Balaban J connectivity index is 1.65. The third kappa shape index (κ3) is 4.03. The van der Waals surface area contributed by atoms with Crippen LogP contribution in [0.5, 0.6) is 0 Å². The van der Waals surface area contributed by atoms with Crippen LogP contribution in [0, 0.1) is 12.8 Å².